The van der Waals surface area contributed by atoms with Crippen LogP contribution in [0.25, 0.3) is 0 Å². The summed E-state index contributed by atoms with van der Waals surface area (Å²) in [6.07, 6.45) is 0. The van der Waals surface area contributed by atoms with Crippen molar-refractivity contribution in [3.8, 4) is 5.75 Å². The number of nitrogens with one attached hydrogen (secondary N) is 1. The fourth-order valence-corrected chi connectivity index (χ4v) is 3.35. The number of ether oxygens (including phenoxy) is 1. The van der Waals surface area contributed by atoms with Gasteiger partial charge < -0.3 is 19.9 Å². The fraction of sp³-hybridized carbons (Fsp3) is 0.316. The normalized spacial score (nSPS) is 14.4. The number of benzene rings is 2. The summed E-state index contributed by atoms with van der Waals surface area (Å²) in [5, 5.41) is 4.83. The lowest BCUT2D eigenvalue weighted by Crippen LogP contribution is -2.50. The highest BCUT2D eigenvalue weighted by Crippen LogP contribution is 2.26. The van der Waals surface area contributed by atoms with Gasteiger partial charge in [0.25, 0.3) is 0 Å². The van der Waals surface area contributed by atoms with E-state index in [4.69, 9.17) is 28.6 Å². The Labute approximate surface area is 159 Å². The molecule has 0 bridgehead atoms. The van der Waals surface area contributed by atoms with E-state index in [2.05, 4.69) is 40.2 Å². The van der Waals surface area contributed by atoms with Crippen LogP contribution in [0.3, 0.4) is 0 Å². The summed E-state index contributed by atoms with van der Waals surface area (Å²) in [5.74, 6) is 0.799. The molecule has 25 heavy (non-hydrogen) atoms. The molecule has 1 saturated heterocycles. The topological polar surface area (TPSA) is 27.7 Å². The molecule has 0 unspecified atom stereocenters. The second-order valence-electron chi connectivity index (χ2n) is 6.08. The van der Waals surface area contributed by atoms with Crippen LogP contribution in [-0.4, -0.2) is 43.3 Å². The number of thiocarbonyl (C=S) groups is 1. The summed E-state index contributed by atoms with van der Waals surface area (Å²) in [7, 11) is 1.67. The van der Waals surface area contributed by atoms with Crippen LogP contribution < -0.4 is 15.0 Å². The van der Waals surface area contributed by atoms with Gasteiger partial charge in [-0.15, -0.1) is 0 Å². The Kier molecular flexibility index (Phi) is 5.66. The van der Waals surface area contributed by atoms with Gasteiger partial charge in [0.05, 0.1) is 12.8 Å². The largest absolute Gasteiger partial charge is 0.495 e. The Balaban J connectivity index is 1.60. The number of aryl methyl sites for hydroxylation is 1. The Bertz CT molecular complexity index is 743. The van der Waals surface area contributed by atoms with Crippen LogP contribution in [0.1, 0.15) is 5.56 Å². The van der Waals surface area contributed by atoms with Crippen molar-refractivity contribution in [1.82, 2.24) is 4.90 Å². The zero-order chi connectivity index (χ0) is 17.8. The van der Waals surface area contributed by atoms with Crippen molar-refractivity contribution in [2.24, 2.45) is 0 Å². The van der Waals surface area contributed by atoms with Crippen LogP contribution in [-0.2, 0) is 0 Å². The van der Waals surface area contributed by atoms with Gasteiger partial charge in [-0.2, -0.15) is 0 Å². The number of hydrogen-bond donors (Lipinski definition) is 1. The van der Waals surface area contributed by atoms with E-state index in [9.17, 15) is 0 Å². The van der Waals surface area contributed by atoms with Gasteiger partial charge in [-0.25, -0.2) is 0 Å². The van der Waals surface area contributed by atoms with Gasteiger partial charge in [0.15, 0.2) is 5.11 Å². The van der Waals surface area contributed by atoms with Crippen molar-refractivity contribution < 1.29 is 4.74 Å². The molecule has 0 radical (unpaired) electrons. The zero-order valence-corrected chi connectivity index (χ0v) is 16.0. The van der Waals surface area contributed by atoms with E-state index >= 15 is 0 Å². The monoisotopic (exact) mass is 375 g/mol. The standard InChI is InChI=1S/C19H22ClN3OS/c1-14-3-8-18(24-2)17(13-14)21-19(25)23-11-9-22(10-12-23)16-6-4-15(20)5-7-16/h3-8,13H,9-12H2,1-2H3,(H,21,25). The number of piperazine rings is 1. The molecule has 3 rings (SSSR count). The number of rotatable bonds is 3. The minimum Gasteiger partial charge on any atom is -0.495 e. The highest BCUT2D eigenvalue weighted by atomic mass is 35.5. The van der Waals surface area contributed by atoms with E-state index in [-0.39, 0.29) is 0 Å². The number of methoxy groups -OCH3 is 1. The third kappa shape index (κ3) is 4.35. The molecule has 0 saturated carbocycles. The van der Waals surface area contributed by atoms with E-state index < -0.39 is 0 Å². The molecule has 0 aromatic heterocycles. The lowest BCUT2D eigenvalue weighted by molar-refractivity contribution is 0.390. The minimum absolute atomic E-state index is 0.736. The number of hydrogen-bond acceptors (Lipinski definition) is 3. The molecule has 2 aromatic carbocycles. The van der Waals surface area contributed by atoms with Gasteiger partial charge in [0.1, 0.15) is 5.75 Å². The Morgan fingerprint density at radius 2 is 1.76 bits per heavy atom. The Morgan fingerprint density at radius 3 is 2.40 bits per heavy atom. The minimum atomic E-state index is 0.736. The summed E-state index contributed by atoms with van der Waals surface area (Å²) in [6.45, 7) is 5.66. The van der Waals surface area contributed by atoms with E-state index in [0.29, 0.717) is 0 Å². The molecular formula is C19H22ClN3OS. The predicted octanol–water partition coefficient (Wildman–Crippen LogP) is 4.18. The van der Waals surface area contributed by atoms with Crippen molar-refractivity contribution >= 4 is 40.3 Å². The maximum Gasteiger partial charge on any atom is 0.173 e. The van der Waals surface area contributed by atoms with Crippen molar-refractivity contribution in [2.75, 3.05) is 43.5 Å². The van der Waals surface area contributed by atoms with Crippen molar-refractivity contribution in [2.45, 2.75) is 6.92 Å². The molecule has 1 aliphatic heterocycles. The Morgan fingerprint density at radius 1 is 1.08 bits per heavy atom. The first-order valence-electron chi connectivity index (χ1n) is 8.28. The first kappa shape index (κ1) is 17.8. The molecule has 132 valence electrons. The summed E-state index contributed by atoms with van der Waals surface area (Å²) >= 11 is 11.6. The van der Waals surface area contributed by atoms with E-state index in [0.717, 1.165) is 47.8 Å². The zero-order valence-electron chi connectivity index (χ0n) is 14.5. The van der Waals surface area contributed by atoms with E-state index in [1.807, 2.05) is 24.3 Å². The second-order valence-corrected chi connectivity index (χ2v) is 6.91. The second kappa shape index (κ2) is 7.93. The lowest BCUT2D eigenvalue weighted by Gasteiger charge is -2.37. The van der Waals surface area contributed by atoms with Crippen LogP contribution in [0, 0.1) is 6.92 Å². The lowest BCUT2D eigenvalue weighted by atomic mass is 10.2. The molecule has 0 amide bonds. The molecule has 6 heteroatoms. The van der Waals surface area contributed by atoms with Crippen LogP contribution in [0.5, 0.6) is 5.75 Å². The molecule has 1 aliphatic rings. The molecule has 4 nitrogen and oxygen atoms in total. The van der Waals surface area contributed by atoms with E-state index in [1.54, 1.807) is 7.11 Å². The molecule has 2 aromatic rings. The maximum absolute atomic E-state index is 5.97. The SMILES string of the molecule is COc1ccc(C)cc1NC(=S)N1CCN(c2ccc(Cl)cc2)CC1. The third-order valence-electron chi connectivity index (χ3n) is 4.36. The number of halogens is 1. The summed E-state index contributed by atoms with van der Waals surface area (Å²) in [4.78, 5) is 4.55. The molecular weight excluding hydrogens is 354 g/mol. The predicted molar refractivity (Wildman–Crippen MR) is 109 cm³/mol. The quantitative estimate of drug-likeness (QED) is 0.812. The average molecular weight is 376 g/mol. The first-order valence-corrected chi connectivity index (χ1v) is 9.06. The third-order valence-corrected chi connectivity index (χ3v) is 4.97. The molecule has 1 heterocycles. The van der Waals surface area contributed by atoms with Crippen molar-refractivity contribution in [3.05, 3.63) is 53.1 Å². The maximum atomic E-state index is 5.97. The molecule has 1 N–H and O–H groups in total. The Hall–Kier alpha value is -1.98. The van der Waals surface area contributed by atoms with Crippen LogP contribution in [0.2, 0.25) is 5.02 Å². The van der Waals surface area contributed by atoms with Gasteiger partial charge in [-0.1, -0.05) is 17.7 Å². The van der Waals surface area contributed by atoms with Crippen LogP contribution >= 0.6 is 23.8 Å². The van der Waals surface area contributed by atoms with Crippen molar-refractivity contribution in [3.63, 3.8) is 0 Å². The van der Waals surface area contributed by atoms with Gasteiger partial charge >= 0.3 is 0 Å². The van der Waals surface area contributed by atoms with Gasteiger partial charge in [0, 0.05) is 36.9 Å². The molecule has 0 aliphatic carbocycles. The number of anilines is 2. The van der Waals surface area contributed by atoms with Crippen molar-refractivity contribution in [1.29, 1.82) is 0 Å². The van der Waals surface area contributed by atoms with Gasteiger partial charge in [0.2, 0.25) is 0 Å². The highest BCUT2D eigenvalue weighted by Gasteiger charge is 2.20. The first-order chi connectivity index (χ1) is 12.1. The smallest absolute Gasteiger partial charge is 0.173 e. The highest BCUT2D eigenvalue weighted by molar-refractivity contribution is 7.80. The van der Waals surface area contributed by atoms with E-state index in [1.165, 1.54) is 11.3 Å². The number of nitrogens with zero attached hydrogens (tertiary/aromatic N) is 2. The van der Waals surface area contributed by atoms with Gasteiger partial charge in [-0.05, 0) is 61.1 Å². The summed E-state index contributed by atoms with van der Waals surface area (Å²) in [6, 6.07) is 14.0. The molecule has 0 atom stereocenters. The summed E-state index contributed by atoms with van der Waals surface area (Å²) < 4.78 is 5.41. The molecule has 1 fully saturated rings. The van der Waals surface area contributed by atoms with Crippen LogP contribution in [0.15, 0.2) is 42.5 Å². The fourth-order valence-electron chi connectivity index (χ4n) is 2.93. The van der Waals surface area contributed by atoms with Gasteiger partial charge in [-0.3, -0.25) is 0 Å². The summed E-state index contributed by atoms with van der Waals surface area (Å²) in [5.41, 5.74) is 3.27. The van der Waals surface area contributed by atoms with Crippen LogP contribution in [0.4, 0.5) is 11.4 Å². The molecule has 0 spiro atoms. The average Bonchev–Trinajstić information content (AvgIpc) is 2.63.